The van der Waals surface area contributed by atoms with Gasteiger partial charge in [0.15, 0.2) is 23.3 Å². The van der Waals surface area contributed by atoms with E-state index in [0.717, 1.165) is 34.0 Å². The summed E-state index contributed by atoms with van der Waals surface area (Å²) in [5, 5.41) is 41.2. The van der Waals surface area contributed by atoms with Crippen LogP contribution in [0.25, 0.3) is 42.1 Å². The number of carbonyl (C=O) groups is 6. The number of hydrogen-bond donors (Lipinski definition) is 0. The Kier molecular flexibility index (Phi) is 15.4. The Labute approximate surface area is 534 Å². The maximum atomic E-state index is 15.9. The minimum absolute atomic E-state index is 0.113. The van der Waals surface area contributed by atoms with Gasteiger partial charge in [-0.05, 0) is 58.7 Å². The summed E-state index contributed by atoms with van der Waals surface area (Å²) in [6.07, 6.45) is 2.59. The molecule has 3 heterocycles. The Morgan fingerprint density at radius 3 is 0.968 bits per heavy atom. The summed E-state index contributed by atoms with van der Waals surface area (Å²) in [5.74, 6) is -13.3. The number of ketones is 2. The van der Waals surface area contributed by atoms with Crippen molar-refractivity contribution in [3.05, 3.63) is 257 Å². The van der Waals surface area contributed by atoms with Crippen LogP contribution in [0.15, 0.2) is 178 Å². The van der Waals surface area contributed by atoms with Crippen molar-refractivity contribution >= 4 is 123 Å². The summed E-state index contributed by atoms with van der Waals surface area (Å²) in [6.45, 7) is -1.88. The fourth-order valence-electron chi connectivity index (χ4n) is 11.5. The first-order valence-corrected chi connectivity index (χ1v) is 30.2. The summed E-state index contributed by atoms with van der Waals surface area (Å²) < 4.78 is 85.8. The summed E-state index contributed by atoms with van der Waals surface area (Å²) in [7, 11) is 0. The van der Waals surface area contributed by atoms with Gasteiger partial charge in [0.2, 0.25) is 22.4 Å². The molecule has 0 bridgehead atoms. The average molecular weight is 1290 g/mol. The molecule has 6 aromatic carbocycles. The van der Waals surface area contributed by atoms with E-state index in [1.165, 1.54) is 12.2 Å². The third-order valence-corrected chi connectivity index (χ3v) is 19.7. The molecule has 0 atom stereocenters. The average Bonchev–Trinajstić information content (AvgIpc) is 1.51. The van der Waals surface area contributed by atoms with Crippen LogP contribution in [0.4, 0.5) is 17.6 Å². The molecule has 23 heteroatoms. The number of halogens is 4. The molecule has 4 aliphatic rings. The van der Waals surface area contributed by atoms with Gasteiger partial charge in [-0.1, -0.05) is 121 Å². The zero-order valence-corrected chi connectivity index (χ0v) is 49.8. The molecule has 0 unspecified atom stereocenters. The summed E-state index contributed by atoms with van der Waals surface area (Å²) >= 11 is 2.82. The number of allylic oxidation sites excluding steroid dienone is 4. The molecule has 3 aromatic heterocycles. The molecule has 0 saturated heterocycles. The first-order valence-electron chi connectivity index (χ1n) is 27.7. The summed E-state index contributed by atoms with van der Waals surface area (Å²) in [5.41, 5.74) is -11.3. The zero-order chi connectivity index (χ0) is 65.0. The van der Waals surface area contributed by atoms with Crippen molar-refractivity contribution < 1.29 is 65.3 Å². The van der Waals surface area contributed by atoms with Crippen molar-refractivity contribution in [3.8, 4) is 24.3 Å². The van der Waals surface area contributed by atoms with Gasteiger partial charge in [0.25, 0.3) is 0 Å². The fourth-order valence-corrected chi connectivity index (χ4v) is 16.1. The predicted molar refractivity (Wildman–Crippen MR) is 332 cm³/mol. The van der Waals surface area contributed by atoms with E-state index in [0.29, 0.717) is 55.9 Å². The molecule has 93 heavy (non-hydrogen) atoms. The Hall–Kier alpha value is -11.9. The number of benzene rings is 6. The van der Waals surface area contributed by atoms with Crippen molar-refractivity contribution in [1.82, 2.24) is 0 Å². The topological polar surface area (TPSA) is 259 Å². The molecule has 0 radical (unpaired) electrons. The lowest BCUT2D eigenvalue weighted by Gasteiger charge is -2.28. The van der Waals surface area contributed by atoms with E-state index in [-0.39, 0.29) is 41.4 Å². The highest BCUT2D eigenvalue weighted by Crippen LogP contribution is 2.61. The molecule has 0 fully saturated rings. The number of aliphatic imine (C=N–C) groups is 2. The van der Waals surface area contributed by atoms with Crippen LogP contribution in [0.3, 0.4) is 0 Å². The van der Waals surface area contributed by atoms with E-state index < -0.39 is 152 Å². The van der Waals surface area contributed by atoms with Gasteiger partial charge in [0, 0.05) is 54.3 Å². The van der Waals surface area contributed by atoms with Crippen molar-refractivity contribution in [3.63, 3.8) is 0 Å². The highest BCUT2D eigenvalue weighted by Gasteiger charge is 2.63. The number of nitrogens with zero attached hydrogens (tertiary/aromatic N) is 6. The number of carbonyl (C=O) groups excluding carboxylic acids is 6. The minimum atomic E-state index is -2.88. The van der Waals surface area contributed by atoms with Crippen molar-refractivity contribution in [1.29, 1.82) is 21.0 Å². The molecule has 0 amide bonds. The summed E-state index contributed by atoms with van der Waals surface area (Å²) in [4.78, 5) is 102. The number of Topliss-reactive ketones (excluding diaryl/α,β-unsaturated/α-hetero) is 2. The highest BCUT2D eigenvalue weighted by molar-refractivity contribution is 7.39. The molecular formula is C70H34F4N6O10S3. The molecule has 0 spiro atoms. The van der Waals surface area contributed by atoms with Gasteiger partial charge < -0.3 is 18.9 Å². The number of hydrogen-bond acceptors (Lipinski definition) is 19. The minimum Gasteiger partial charge on any atom is -0.459 e. The first kappa shape index (κ1) is 60.1. The SMILES string of the molecule is N#CC(C#N)=C1/C(=N/C2=Cc3sc4c(sc5c6c(sc54)C=C(/N=C4/C(=O)c5cc(F)c(F)cc5C4=C(C#N)C#N)C6(C(=O)OCc4ccccc4)C(=O)OCc4ccccc4)c3C2(C(=O)OCc2ccccc2)C(=O)OCc2ccccc2)C(=O)c2cc(F)c(F)cc21. The van der Waals surface area contributed by atoms with Crippen molar-refractivity contribution in [2.75, 3.05) is 0 Å². The molecule has 0 saturated carbocycles. The van der Waals surface area contributed by atoms with Crippen molar-refractivity contribution in [2.45, 2.75) is 37.3 Å². The number of ether oxygens (including phenoxy) is 4. The van der Waals surface area contributed by atoms with Crippen LogP contribution in [0.5, 0.6) is 0 Å². The standard InChI is InChI=1S/C70H34F4N6O10S3/c71-45-21-41-43(23-47(45)73)59(81)57(53(41)39(27-75)28-76)79-51-25-49-55(69(51,65(83)87-31-35-13-5-1-6-14-35)66(84)88-32-36-15-7-2-8-16-36)61-63(91-49)64-62(93-61)56-50(92-64)26-52(80-58-54(40(29-77)30-78)42-22-46(72)48(74)24-44(42)60(58)82)70(56,67(85)89-33-37-17-9-3-10-18-37)68(86)90-34-38-19-11-4-12-20-38/h1-26H,31-34H2/b79-57-,80-58+. The second kappa shape index (κ2) is 23.8. The van der Waals surface area contributed by atoms with Crippen LogP contribution >= 0.6 is 34.0 Å². The van der Waals surface area contributed by atoms with Crippen LogP contribution in [-0.2, 0) is 75.4 Å². The first-order chi connectivity index (χ1) is 45.1. The van der Waals surface area contributed by atoms with Crippen LogP contribution in [0, 0.1) is 68.6 Å². The van der Waals surface area contributed by atoms with E-state index >= 15 is 36.7 Å². The monoisotopic (exact) mass is 1290 g/mol. The molecule has 4 aliphatic carbocycles. The van der Waals surface area contributed by atoms with Gasteiger partial charge in [-0.25, -0.2) is 27.5 Å². The second-order valence-corrected chi connectivity index (χ2v) is 24.2. The molecular weight excluding hydrogens is 1260 g/mol. The lowest BCUT2D eigenvalue weighted by molar-refractivity contribution is -0.166. The zero-order valence-electron chi connectivity index (χ0n) is 47.3. The van der Waals surface area contributed by atoms with Crippen LogP contribution in [0.1, 0.15) is 75.0 Å². The number of nitriles is 4. The van der Waals surface area contributed by atoms with E-state index in [1.807, 2.05) is 0 Å². The molecule has 0 aliphatic heterocycles. The van der Waals surface area contributed by atoms with Crippen LogP contribution in [-0.4, -0.2) is 46.9 Å². The second-order valence-electron chi connectivity index (χ2n) is 21.1. The number of thiophene rings is 3. The van der Waals surface area contributed by atoms with E-state index in [2.05, 4.69) is 9.98 Å². The van der Waals surface area contributed by atoms with Crippen molar-refractivity contribution in [2.24, 2.45) is 9.98 Å². The Bertz CT molecular complexity index is 4750. The number of fused-ring (bicyclic) bond motifs is 9. The molecule has 13 rings (SSSR count). The Balaban J connectivity index is 1.07. The molecule has 9 aromatic rings. The van der Waals surface area contributed by atoms with Gasteiger partial charge in [-0.2, -0.15) is 21.0 Å². The quantitative estimate of drug-likeness (QED) is 0.0322. The van der Waals surface area contributed by atoms with E-state index in [1.54, 1.807) is 146 Å². The largest absolute Gasteiger partial charge is 0.459 e. The fraction of sp³-hybridized carbons (Fsp3) is 0.0857. The smallest absolute Gasteiger partial charge is 0.334 e. The summed E-state index contributed by atoms with van der Waals surface area (Å²) in [6, 6.07) is 42.3. The van der Waals surface area contributed by atoms with Crippen LogP contribution in [0.2, 0.25) is 0 Å². The third-order valence-electron chi connectivity index (χ3n) is 15.8. The molecule has 16 nitrogen and oxygen atoms in total. The maximum absolute atomic E-state index is 15.9. The maximum Gasteiger partial charge on any atom is 0.334 e. The lowest BCUT2D eigenvalue weighted by Crippen LogP contribution is -2.46. The highest BCUT2D eigenvalue weighted by atomic mass is 32.1. The Morgan fingerprint density at radius 1 is 0.409 bits per heavy atom. The Morgan fingerprint density at radius 2 is 0.688 bits per heavy atom. The lowest BCUT2D eigenvalue weighted by atomic mass is 9.80. The van der Waals surface area contributed by atoms with E-state index in [4.69, 9.17) is 18.9 Å². The third kappa shape index (κ3) is 9.74. The van der Waals surface area contributed by atoms with Gasteiger partial charge in [0.1, 0.15) is 73.3 Å². The normalized spacial score (nSPS) is 15.3. The number of rotatable bonds is 14. The number of esters is 4. The van der Waals surface area contributed by atoms with Gasteiger partial charge in [-0.3, -0.25) is 28.8 Å². The predicted octanol–water partition coefficient (Wildman–Crippen LogP) is 13.2. The van der Waals surface area contributed by atoms with Gasteiger partial charge in [-0.15, -0.1) is 34.0 Å². The van der Waals surface area contributed by atoms with E-state index in [9.17, 15) is 30.6 Å². The van der Waals surface area contributed by atoms with Crippen LogP contribution < -0.4 is 0 Å². The van der Waals surface area contributed by atoms with Gasteiger partial charge >= 0.3 is 23.9 Å². The molecule has 450 valence electrons. The molecule has 0 N–H and O–H groups in total. The van der Waals surface area contributed by atoms with Gasteiger partial charge in [0.05, 0.1) is 30.2 Å².